The number of hydrogen-bond donors (Lipinski definition) is 3. The molecule has 0 aliphatic heterocycles. The van der Waals surface area contributed by atoms with Crippen molar-refractivity contribution in [3.63, 3.8) is 0 Å². The average molecular weight is 325 g/mol. The molecule has 1 atom stereocenters. The van der Waals surface area contributed by atoms with Crippen LogP contribution in [0.1, 0.15) is 20.8 Å². The molecule has 0 saturated heterocycles. The molecule has 0 heterocycles. The third kappa shape index (κ3) is 5.12. The topological polar surface area (TPSA) is 70.2 Å². The monoisotopic (exact) mass is 325 g/mol. The van der Waals surface area contributed by atoms with E-state index in [0.29, 0.717) is 5.69 Å². The van der Waals surface area contributed by atoms with Gasteiger partial charge in [-0.1, -0.05) is 32.0 Å². The van der Waals surface area contributed by atoms with E-state index in [0.717, 1.165) is 11.4 Å². The van der Waals surface area contributed by atoms with Gasteiger partial charge in [-0.05, 0) is 42.3 Å². The summed E-state index contributed by atoms with van der Waals surface area (Å²) in [6.45, 7) is 5.20. The van der Waals surface area contributed by atoms with Crippen molar-refractivity contribution in [2.75, 3.05) is 10.6 Å². The second-order valence-corrected chi connectivity index (χ2v) is 5.98. The zero-order valence-corrected chi connectivity index (χ0v) is 14.2. The SMILES string of the molecule is CC(=O)NC(C(=O)Nc1ccc(Nc2ccccc2)cc1)C(C)C. The standard InChI is InChI=1S/C19H23N3O2/c1-13(2)18(20-14(3)23)19(24)22-17-11-9-16(10-12-17)21-15-7-5-4-6-8-15/h4-13,18,21H,1-3H3,(H,20,23)(H,22,24). The van der Waals surface area contributed by atoms with Crippen molar-refractivity contribution in [2.45, 2.75) is 26.8 Å². The quantitative estimate of drug-likeness (QED) is 0.761. The summed E-state index contributed by atoms with van der Waals surface area (Å²) < 4.78 is 0. The number of benzene rings is 2. The Balaban J connectivity index is 2.00. The van der Waals surface area contributed by atoms with Crippen LogP contribution in [-0.2, 0) is 9.59 Å². The summed E-state index contributed by atoms with van der Waals surface area (Å²) in [4.78, 5) is 23.6. The summed E-state index contributed by atoms with van der Waals surface area (Å²) in [7, 11) is 0. The highest BCUT2D eigenvalue weighted by Crippen LogP contribution is 2.19. The molecule has 24 heavy (non-hydrogen) atoms. The number of rotatable bonds is 6. The summed E-state index contributed by atoms with van der Waals surface area (Å²) in [5.41, 5.74) is 2.62. The Morgan fingerprint density at radius 3 is 1.92 bits per heavy atom. The van der Waals surface area contributed by atoms with Crippen molar-refractivity contribution in [1.29, 1.82) is 0 Å². The smallest absolute Gasteiger partial charge is 0.247 e. The Morgan fingerprint density at radius 1 is 0.833 bits per heavy atom. The van der Waals surface area contributed by atoms with Gasteiger partial charge >= 0.3 is 0 Å². The van der Waals surface area contributed by atoms with Gasteiger partial charge in [0.25, 0.3) is 0 Å². The third-order valence-corrected chi connectivity index (χ3v) is 3.52. The molecular weight excluding hydrogens is 302 g/mol. The van der Waals surface area contributed by atoms with Gasteiger partial charge < -0.3 is 16.0 Å². The van der Waals surface area contributed by atoms with Gasteiger partial charge in [-0.3, -0.25) is 9.59 Å². The van der Waals surface area contributed by atoms with Gasteiger partial charge in [0.15, 0.2) is 0 Å². The van der Waals surface area contributed by atoms with Crippen LogP contribution < -0.4 is 16.0 Å². The molecule has 0 fully saturated rings. The van der Waals surface area contributed by atoms with Crippen molar-refractivity contribution in [2.24, 2.45) is 5.92 Å². The van der Waals surface area contributed by atoms with Crippen molar-refractivity contribution in [3.05, 3.63) is 54.6 Å². The Kier molecular flexibility index (Phi) is 5.95. The zero-order valence-electron chi connectivity index (χ0n) is 14.2. The van der Waals surface area contributed by atoms with Crippen LogP contribution in [0.4, 0.5) is 17.1 Å². The van der Waals surface area contributed by atoms with E-state index in [9.17, 15) is 9.59 Å². The first-order valence-corrected chi connectivity index (χ1v) is 7.96. The molecule has 0 radical (unpaired) electrons. The van der Waals surface area contributed by atoms with Crippen LogP contribution >= 0.6 is 0 Å². The van der Waals surface area contributed by atoms with Gasteiger partial charge in [0.2, 0.25) is 11.8 Å². The molecule has 2 amide bonds. The first-order valence-electron chi connectivity index (χ1n) is 7.96. The van der Waals surface area contributed by atoms with Crippen LogP contribution in [-0.4, -0.2) is 17.9 Å². The van der Waals surface area contributed by atoms with Gasteiger partial charge in [0.1, 0.15) is 6.04 Å². The molecular formula is C19H23N3O2. The maximum Gasteiger partial charge on any atom is 0.247 e. The fraction of sp³-hybridized carbons (Fsp3) is 0.263. The predicted molar refractivity (Wildman–Crippen MR) is 97.2 cm³/mol. The lowest BCUT2D eigenvalue weighted by atomic mass is 10.0. The van der Waals surface area contributed by atoms with Gasteiger partial charge in [0, 0.05) is 24.0 Å². The van der Waals surface area contributed by atoms with E-state index in [1.165, 1.54) is 6.92 Å². The van der Waals surface area contributed by atoms with E-state index in [2.05, 4.69) is 16.0 Å². The molecule has 0 aromatic heterocycles. The van der Waals surface area contributed by atoms with E-state index in [-0.39, 0.29) is 17.7 Å². The molecule has 126 valence electrons. The number of carbonyl (C=O) groups excluding carboxylic acids is 2. The van der Waals surface area contributed by atoms with Crippen LogP contribution in [0.2, 0.25) is 0 Å². The molecule has 5 heteroatoms. The number of carbonyl (C=O) groups is 2. The number of nitrogens with one attached hydrogen (secondary N) is 3. The Labute approximate surface area is 142 Å². The molecule has 0 spiro atoms. The Hall–Kier alpha value is -2.82. The lowest BCUT2D eigenvalue weighted by Gasteiger charge is -2.21. The first kappa shape index (κ1) is 17.5. The molecule has 5 nitrogen and oxygen atoms in total. The minimum atomic E-state index is -0.551. The lowest BCUT2D eigenvalue weighted by molar-refractivity contribution is -0.126. The highest BCUT2D eigenvalue weighted by Gasteiger charge is 2.22. The third-order valence-electron chi connectivity index (χ3n) is 3.52. The Bertz CT molecular complexity index is 682. The minimum absolute atomic E-state index is 0.00733. The zero-order chi connectivity index (χ0) is 17.5. The molecule has 0 bridgehead atoms. The van der Waals surface area contributed by atoms with E-state index in [1.54, 1.807) is 0 Å². The second-order valence-electron chi connectivity index (χ2n) is 5.98. The van der Waals surface area contributed by atoms with Crippen LogP contribution in [0.3, 0.4) is 0 Å². The average Bonchev–Trinajstić information content (AvgIpc) is 2.55. The van der Waals surface area contributed by atoms with Gasteiger partial charge in [-0.2, -0.15) is 0 Å². The van der Waals surface area contributed by atoms with Crippen molar-refractivity contribution in [1.82, 2.24) is 5.32 Å². The lowest BCUT2D eigenvalue weighted by Crippen LogP contribution is -2.46. The van der Waals surface area contributed by atoms with E-state index >= 15 is 0 Å². The van der Waals surface area contributed by atoms with E-state index in [4.69, 9.17) is 0 Å². The summed E-state index contributed by atoms with van der Waals surface area (Å²) >= 11 is 0. The summed E-state index contributed by atoms with van der Waals surface area (Å²) in [6, 6.07) is 16.7. The number of anilines is 3. The molecule has 3 N–H and O–H groups in total. The highest BCUT2D eigenvalue weighted by atomic mass is 16.2. The fourth-order valence-electron chi connectivity index (χ4n) is 2.30. The van der Waals surface area contributed by atoms with Crippen LogP contribution in [0.5, 0.6) is 0 Å². The predicted octanol–water partition coefficient (Wildman–Crippen LogP) is 3.53. The maximum atomic E-state index is 12.3. The maximum absolute atomic E-state index is 12.3. The van der Waals surface area contributed by atoms with Crippen LogP contribution in [0.25, 0.3) is 0 Å². The molecule has 0 saturated carbocycles. The van der Waals surface area contributed by atoms with E-state index in [1.807, 2.05) is 68.4 Å². The van der Waals surface area contributed by atoms with E-state index < -0.39 is 6.04 Å². The Morgan fingerprint density at radius 2 is 1.38 bits per heavy atom. The molecule has 2 aromatic carbocycles. The molecule has 1 unspecified atom stereocenters. The first-order chi connectivity index (χ1) is 11.5. The molecule has 2 aromatic rings. The molecule has 0 aliphatic carbocycles. The number of para-hydroxylation sites is 1. The normalized spacial score (nSPS) is 11.7. The minimum Gasteiger partial charge on any atom is -0.356 e. The highest BCUT2D eigenvalue weighted by molar-refractivity contribution is 5.97. The largest absolute Gasteiger partial charge is 0.356 e. The summed E-state index contributed by atoms with van der Waals surface area (Å²) in [6.07, 6.45) is 0. The fourth-order valence-corrected chi connectivity index (χ4v) is 2.30. The van der Waals surface area contributed by atoms with Gasteiger partial charge in [0.05, 0.1) is 0 Å². The van der Waals surface area contributed by atoms with Crippen molar-refractivity contribution in [3.8, 4) is 0 Å². The van der Waals surface area contributed by atoms with Crippen molar-refractivity contribution >= 4 is 28.9 Å². The summed E-state index contributed by atoms with van der Waals surface area (Å²) in [5.74, 6) is -0.428. The summed E-state index contributed by atoms with van der Waals surface area (Å²) in [5, 5.41) is 8.80. The number of hydrogen-bond acceptors (Lipinski definition) is 3. The molecule has 2 rings (SSSR count). The van der Waals surface area contributed by atoms with Crippen LogP contribution in [0.15, 0.2) is 54.6 Å². The van der Waals surface area contributed by atoms with Crippen molar-refractivity contribution < 1.29 is 9.59 Å². The van der Waals surface area contributed by atoms with Gasteiger partial charge in [-0.15, -0.1) is 0 Å². The molecule has 0 aliphatic rings. The number of amides is 2. The van der Waals surface area contributed by atoms with Gasteiger partial charge in [-0.25, -0.2) is 0 Å². The van der Waals surface area contributed by atoms with Crippen LogP contribution in [0, 0.1) is 5.92 Å². The second kappa shape index (κ2) is 8.15.